The Balaban J connectivity index is 1.78. The summed E-state index contributed by atoms with van der Waals surface area (Å²) < 4.78 is 103. The van der Waals surface area contributed by atoms with Gasteiger partial charge in [-0.3, -0.25) is 9.48 Å². The number of ether oxygens (including phenoxy) is 1. The zero-order valence-electron chi connectivity index (χ0n) is 20.0. The molecule has 0 spiro atoms. The number of nitrogens with one attached hydrogen (secondary N) is 2. The van der Waals surface area contributed by atoms with Crippen molar-refractivity contribution in [2.75, 3.05) is 6.61 Å². The predicted octanol–water partition coefficient (Wildman–Crippen LogP) is 3.39. The van der Waals surface area contributed by atoms with E-state index in [1.165, 1.54) is 16.9 Å². The first-order valence-electron chi connectivity index (χ1n) is 11.4. The Morgan fingerprint density at radius 1 is 1.13 bits per heavy atom. The molecule has 1 aliphatic rings. The number of rotatable bonds is 8. The molecule has 17 heteroatoms. The largest absolute Gasteiger partial charge is 0.493 e. The zero-order valence-corrected chi connectivity index (χ0v) is 20.0. The second-order valence-electron chi connectivity index (χ2n) is 8.54. The molecule has 2 N–H and O–H groups in total. The van der Waals surface area contributed by atoms with Crippen LogP contribution in [0.1, 0.15) is 37.4 Å². The number of aromatic nitrogens is 6. The molecule has 2 aromatic heterocycles. The highest BCUT2D eigenvalue weighted by molar-refractivity contribution is 6.22. The van der Waals surface area contributed by atoms with E-state index < -0.39 is 72.4 Å². The zero-order chi connectivity index (χ0) is 28.6. The van der Waals surface area contributed by atoms with E-state index in [-0.39, 0.29) is 17.0 Å². The van der Waals surface area contributed by atoms with Crippen LogP contribution in [0.5, 0.6) is 5.75 Å². The van der Waals surface area contributed by atoms with Crippen molar-refractivity contribution < 1.29 is 40.3 Å². The molecular weight excluding hydrogens is 543 g/mol. The van der Waals surface area contributed by atoms with Gasteiger partial charge in [-0.15, -0.1) is 0 Å². The van der Waals surface area contributed by atoms with Crippen LogP contribution >= 0.6 is 0 Å². The van der Waals surface area contributed by atoms with E-state index in [9.17, 15) is 35.9 Å². The van der Waals surface area contributed by atoms with Gasteiger partial charge < -0.3 is 10.1 Å². The first-order valence-corrected chi connectivity index (χ1v) is 11.4. The van der Waals surface area contributed by atoms with Gasteiger partial charge in [0, 0.05) is 42.8 Å². The quantitative estimate of drug-likeness (QED) is 0.321. The number of amides is 1. The maximum atomic E-state index is 15.2. The maximum absolute atomic E-state index is 15.2. The molecule has 39 heavy (non-hydrogen) atoms. The molecule has 1 atom stereocenters. The minimum absolute atomic E-state index is 0.0877. The second kappa shape index (κ2) is 10.2. The van der Waals surface area contributed by atoms with Crippen molar-refractivity contribution in [2.45, 2.75) is 50.6 Å². The summed E-state index contributed by atoms with van der Waals surface area (Å²) in [5, 5.41) is 14.6. The molecule has 1 unspecified atom stereocenters. The molecule has 4 rings (SSSR count). The third-order valence-electron chi connectivity index (χ3n) is 5.99. The summed E-state index contributed by atoms with van der Waals surface area (Å²) in [6, 6.07) is 3.61. The van der Waals surface area contributed by atoms with Gasteiger partial charge in [-0.05, 0) is 42.0 Å². The number of aryl methyl sites for hydroxylation is 1. The van der Waals surface area contributed by atoms with Gasteiger partial charge in [0.05, 0.1) is 12.3 Å². The molecule has 0 radical (unpaired) electrons. The molecule has 3 aromatic rings. The van der Waals surface area contributed by atoms with Crippen molar-refractivity contribution in [3.05, 3.63) is 58.0 Å². The summed E-state index contributed by atoms with van der Waals surface area (Å²) in [6.45, 7) is 1.59. The highest BCUT2D eigenvalue weighted by Gasteiger charge is 2.61. The number of nitrogens with zero attached hydrogens (tertiary/aromatic N) is 5. The number of alkyl halides is 6. The minimum Gasteiger partial charge on any atom is -0.493 e. The Kier molecular flexibility index (Phi) is 7.27. The van der Waals surface area contributed by atoms with Gasteiger partial charge in [0.1, 0.15) is 17.3 Å². The van der Waals surface area contributed by atoms with Gasteiger partial charge in [-0.1, -0.05) is 0 Å². The Hall–Kier alpha value is -4.18. The number of aromatic amines is 1. The van der Waals surface area contributed by atoms with Crippen LogP contribution in [0.4, 0.5) is 30.7 Å². The number of tetrazole rings is 1. The van der Waals surface area contributed by atoms with Crippen molar-refractivity contribution in [2.24, 2.45) is 0 Å². The standard InChI is InChI=1S/C22H20F7N7O3/c1-2-35-8-6-16(32-35)13-11-20(22(27,28)29,30-18(37)17(13)36-19(38)31-33-34-36)14-5-4-12(10-15(14)23)39-9-3-7-21(24,25)26/h4-6,8,10H,2-3,7,9,11H2,1H3,(H,30,37)(H,31,34,38). The smallest absolute Gasteiger partial charge is 0.416 e. The summed E-state index contributed by atoms with van der Waals surface area (Å²) in [6.07, 6.45) is -10.9. The monoisotopic (exact) mass is 563 g/mol. The van der Waals surface area contributed by atoms with Crippen LogP contribution in [0.2, 0.25) is 0 Å². The van der Waals surface area contributed by atoms with E-state index >= 15 is 4.39 Å². The second-order valence-corrected chi connectivity index (χ2v) is 8.54. The Morgan fingerprint density at radius 3 is 2.44 bits per heavy atom. The summed E-state index contributed by atoms with van der Waals surface area (Å²) in [5.74, 6) is -3.13. The van der Waals surface area contributed by atoms with Crippen LogP contribution < -0.4 is 15.7 Å². The molecule has 1 amide bonds. The fraction of sp³-hybridized carbons (Fsp3) is 0.409. The average molecular weight is 563 g/mol. The number of halogens is 7. The first-order chi connectivity index (χ1) is 18.3. The van der Waals surface area contributed by atoms with Crippen molar-refractivity contribution in [1.82, 2.24) is 35.3 Å². The SMILES string of the molecule is CCn1ccc(C2=C(n3nn[nH]c3=O)C(=O)NC(c3ccc(OCCCC(F)(F)F)cc3F)(C(F)(F)F)C2)n1. The van der Waals surface area contributed by atoms with Gasteiger partial charge >= 0.3 is 18.0 Å². The fourth-order valence-corrected chi connectivity index (χ4v) is 4.14. The number of H-pyrrole nitrogens is 1. The molecule has 0 aliphatic carbocycles. The Morgan fingerprint density at radius 2 is 1.87 bits per heavy atom. The van der Waals surface area contributed by atoms with Gasteiger partial charge in [-0.25, -0.2) is 14.3 Å². The fourth-order valence-electron chi connectivity index (χ4n) is 4.14. The molecule has 0 saturated carbocycles. The van der Waals surface area contributed by atoms with Gasteiger partial charge in [0.15, 0.2) is 5.54 Å². The van der Waals surface area contributed by atoms with Crippen LogP contribution in [-0.4, -0.2) is 54.9 Å². The summed E-state index contributed by atoms with van der Waals surface area (Å²) in [4.78, 5) is 25.4. The van der Waals surface area contributed by atoms with Gasteiger partial charge in [0.25, 0.3) is 5.91 Å². The third-order valence-corrected chi connectivity index (χ3v) is 5.99. The van der Waals surface area contributed by atoms with Crippen LogP contribution in [-0.2, 0) is 16.9 Å². The van der Waals surface area contributed by atoms with Crippen molar-refractivity contribution in [3.8, 4) is 5.75 Å². The Labute approximate surface area is 214 Å². The molecule has 3 heterocycles. The van der Waals surface area contributed by atoms with Crippen molar-refractivity contribution in [3.63, 3.8) is 0 Å². The van der Waals surface area contributed by atoms with E-state index in [4.69, 9.17) is 4.74 Å². The van der Waals surface area contributed by atoms with Crippen molar-refractivity contribution in [1.29, 1.82) is 0 Å². The lowest BCUT2D eigenvalue weighted by molar-refractivity contribution is -0.202. The summed E-state index contributed by atoms with van der Waals surface area (Å²) in [7, 11) is 0. The van der Waals surface area contributed by atoms with Crippen LogP contribution in [0, 0.1) is 5.82 Å². The number of benzene rings is 1. The molecule has 0 bridgehead atoms. The lowest BCUT2D eigenvalue weighted by Gasteiger charge is -2.41. The minimum atomic E-state index is -5.27. The number of carbonyl (C=O) groups excluding carboxylic acids is 1. The van der Waals surface area contributed by atoms with E-state index in [1.54, 1.807) is 12.2 Å². The maximum Gasteiger partial charge on any atom is 0.416 e. The molecule has 1 aromatic carbocycles. The summed E-state index contributed by atoms with van der Waals surface area (Å²) >= 11 is 0. The van der Waals surface area contributed by atoms with Gasteiger partial charge in [0.2, 0.25) is 0 Å². The van der Waals surface area contributed by atoms with E-state index in [0.29, 0.717) is 17.3 Å². The lowest BCUT2D eigenvalue weighted by Crippen LogP contribution is -2.59. The first kappa shape index (κ1) is 27.8. The third kappa shape index (κ3) is 5.51. The van der Waals surface area contributed by atoms with Gasteiger partial charge in [-0.2, -0.15) is 36.1 Å². The predicted molar refractivity (Wildman–Crippen MR) is 119 cm³/mol. The summed E-state index contributed by atoms with van der Waals surface area (Å²) in [5.41, 5.74) is -6.33. The molecule has 10 nitrogen and oxygen atoms in total. The highest BCUT2D eigenvalue weighted by atomic mass is 19.4. The molecular formula is C22H20F7N7O3. The number of carbonyl (C=O) groups is 1. The highest BCUT2D eigenvalue weighted by Crippen LogP contribution is 2.49. The molecule has 210 valence electrons. The topological polar surface area (TPSA) is 120 Å². The van der Waals surface area contributed by atoms with Crippen LogP contribution in [0.3, 0.4) is 0 Å². The van der Waals surface area contributed by atoms with Crippen LogP contribution in [0.15, 0.2) is 35.3 Å². The van der Waals surface area contributed by atoms with E-state index in [0.717, 1.165) is 12.1 Å². The molecule has 0 fully saturated rings. The van der Waals surface area contributed by atoms with Crippen molar-refractivity contribution >= 4 is 17.2 Å². The van der Waals surface area contributed by atoms with E-state index in [2.05, 4.69) is 15.5 Å². The normalized spacial score (nSPS) is 18.4. The number of hydrogen-bond donors (Lipinski definition) is 2. The van der Waals surface area contributed by atoms with Crippen LogP contribution in [0.25, 0.3) is 11.3 Å². The number of hydrogen-bond acceptors (Lipinski definition) is 6. The average Bonchev–Trinajstić information content (AvgIpc) is 3.49. The molecule has 0 saturated heterocycles. The lowest BCUT2D eigenvalue weighted by atomic mass is 9.78. The molecule has 1 aliphatic heterocycles. The van der Waals surface area contributed by atoms with E-state index in [1.807, 2.05) is 5.10 Å². The Bertz CT molecular complexity index is 1450.